The van der Waals surface area contributed by atoms with Gasteiger partial charge in [0.25, 0.3) is 11.8 Å². The maximum absolute atomic E-state index is 13.1. The van der Waals surface area contributed by atoms with Crippen LogP contribution in [0.25, 0.3) is 11.8 Å². The second-order valence-corrected chi connectivity index (χ2v) is 8.20. The summed E-state index contributed by atoms with van der Waals surface area (Å²) in [5, 5.41) is 6.90. The smallest absolute Gasteiger partial charge is 0.273 e. The Balaban J connectivity index is 1.78. The SMILES string of the molecule is Cc1ccccc1N1C(=O)NC(=O)/C(=C\c2c(C)nn(-c3ccc(Br)cc3)c2Cl)C1=O. The standard InChI is InChI=1S/C22H16BrClN4O3/c1-12-5-3-4-6-18(12)27-21(30)17(20(29)25-22(27)31)11-16-13(2)26-28(19(16)24)15-9-7-14(23)8-10-15/h3-11H,1-2H3,(H,25,29,31)/b17-11+. The predicted octanol–water partition coefficient (Wildman–Crippen LogP) is 4.57. The molecule has 1 fully saturated rings. The normalized spacial score (nSPS) is 15.5. The van der Waals surface area contributed by atoms with Crippen LogP contribution >= 0.6 is 27.5 Å². The highest BCUT2D eigenvalue weighted by Gasteiger charge is 2.37. The number of urea groups is 1. The number of para-hydroxylation sites is 1. The van der Waals surface area contributed by atoms with Crippen molar-refractivity contribution in [2.75, 3.05) is 4.90 Å². The van der Waals surface area contributed by atoms with Crippen LogP contribution in [0.2, 0.25) is 5.15 Å². The Labute approximate surface area is 191 Å². The van der Waals surface area contributed by atoms with Gasteiger partial charge >= 0.3 is 6.03 Å². The Hall–Kier alpha value is -3.23. The van der Waals surface area contributed by atoms with Crippen molar-refractivity contribution in [1.29, 1.82) is 0 Å². The number of halogens is 2. The van der Waals surface area contributed by atoms with E-state index in [4.69, 9.17) is 11.6 Å². The summed E-state index contributed by atoms with van der Waals surface area (Å²) in [5.74, 6) is -1.51. The Morgan fingerprint density at radius 1 is 1.03 bits per heavy atom. The van der Waals surface area contributed by atoms with Gasteiger partial charge in [0.1, 0.15) is 10.7 Å². The quantitative estimate of drug-likeness (QED) is 0.423. The number of carbonyl (C=O) groups is 3. The van der Waals surface area contributed by atoms with E-state index in [1.54, 1.807) is 38.1 Å². The molecule has 1 saturated heterocycles. The first kappa shape index (κ1) is 21.0. The number of benzene rings is 2. The number of rotatable bonds is 3. The van der Waals surface area contributed by atoms with Gasteiger partial charge < -0.3 is 0 Å². The lowest BCUT2D eigenvalue weighted by Crippen LogP contribution is -2.54. The second kappa shape index (κ2) is 8.13. The maximum Gasteiger partial charge on any atom is 0.335 e. The number of amides is 4. The van der Waals surface area contributed by atoms with Crippen LogP contribution in [0.1, 0.15) is 16.8 Å². The van der Waals surface area contributed by atoms with Crippen LogP contribution < -0.4 is 10.2 Å². The summed E-state index contributed by atoms with van der Waals surface area (Å²) < 4.78 is 2.43. The molecule has 9 heteroatoms. The van der Waals surface area contributed by atoms with E-state index < -0.39 is 17.8 Å². The van der Waals surface area contributed by atoms with Gasteiger partial charge in [-0.1, -0.05) is 45.7 Å². The first-order valence-corrected chi connectivity index (χ1v) is 10.4. The van der Waals surface area contributed by atoms with E-state index in [2.05, 4.69) is 26.3 Å². The van der Waals surface area contributed by atoms with Crippen LogP contribution in [0.5, 0.6) is 0 Å². The molecule has 3 aromatic rings. The van der Waals surface area contributed by atoms with Crippen molar-refractivity contribution in [3.05, 3.63) is 80.6 Å². The third kappa shape index (κ3) is 3.80. The van der Waals surface area contributed by atoms with Gasteiger partial charge in [0.2, 0.25) is 0 Å². The molecule has 0 aliphatic carbocycles. The summed E-state index contributed by atoms with van der Waals surface area (Å²) in [6.45, 7) is 3.50. The van der Waals surface area contributed by atoms with Gasteiger partial charge in [-0.2, -0.15) is 5.10 Å². The van der Waals surface area contributed by atoms with E-state index in [1.807, 2.05) is 24.3 Å². The largest absolute Gasteiger partial charge is 0.335 e. The van der Waals surface area contributed by atoms with Gasteiger partial charge in [-0.05, 0) is 55.8 Å². The van der Waals surface area contributed by atoms with Crippen LogP contribution in [0.3, 0.4) is 0 Å². The van der Waals surface area contributed by atoms with Crippen molar-refractivity contribution in [1.82, 2.24) is 15.1 Å². The third-order valence-corrected chi connectivity index (χ3v) is 5.76. The number of hydrogen-bond acceptors (Lipinski definition) is 4. The minimum Gasteiger partial charge on any atom is -0.273 e. The van der Waals surface area contributed by atoms with Crippen LogP contribution in [-0.2, 0) is 9.59 Å². The molecular formula is C22H16BrClN4O3. The Kier molecular flexibility index (Phi) is 5.51. The van der Waals surface area contributed by atoms with Gasteiger partial charge in [-0.15, -0.1) is 0 Å². The maximum atomic E-state index is 13.1. The molecule has 156 valence electrons. The van der Waals surface area contributed by atoms with Crippen LogP contribution in [0.15, 0.2) is 58.6 Å². The van der Waals surface area contributed by atoms with Crippen molar-refractivity contribution in [3.8, 4) is 5.69 Å². The summed E-state index contributed by atoms with van der Waals surface area (Å²) in [5.41, 5.74) is 2.58. The van der Waals surface area contributed by atoms with Crippen LogP contribution in [-0.4, -0.2) is 27.6 Å². The third-order valence-electron chi connectivity index (χ3n) is 4.87. The summed E-state index contributed by atoms with van der Waals surface area (Å²) in [4.78, 5) is 39.0. The summed E-state index contributed by atoms with van der Waals surface area (Å²) >= 11 is 9.93. The molecule has 1 aliphatic rings. The number of nitrogens with zero attached hydrogens (tertiary/aromatic N) is 3. The number of carbonyl (C=O) groups excluding carboxylic acids is 3. The van der Waals surface area contributed by atoms with Crippen molar-refractivity contribution in [2.24, 2.45) is 0 Å². The minimum atomic E-state index is -0.796. The molecule has 0 radical (unpaired) electrons. The first-order valence-electron chi connectivity index (χ1n) is 9.26. The molecule has 0 bridgehead atoms. The first-order chi connectivity index (χ1) is 14.8. The van der Waals surface area contributed by atoms with E-state index in [-0.39, 0.29) is 10.7 Å². The topological polar surface area (TPSA) is 84.3 Å². The van der Waals surface area contributed by atoms with Crippen molar-refractivity contribution in [2.45, 2.75) is 13.8 Å². The number of nitrogens with one attached hydrogen (secondary N) is 1. The molecule has 1 N–H and O–H groups in total. The monoisotopic (exact) mass is 498 g/mol. The summed E-state index contributed by atoms with van der Waals surface area (Å²) in [7, 11) is 0. The zero-order valence-corrected chi connectivity index (χ0v) is 18.9. The Bertz CT molecular complexity index is 1260. The highest BCUT2D eigenvalue weighted by molar-refractivity contribution is 9.10. The predicted molar refractivity (Wildman–Crippen MR) is 121 cm³/mol. The highest BCUT2D eigenvalue weighted by atomic mass is 79.9. The Morgan fingerprint density at radius 3 is 2.39 bits per heavy atom. The molecule has 0 spiro atoms. The van der Waals surface area contributed by atoms with E-state index in [0.717, 1.165) is 20.6 Å². The lowest BCUT2D eigenvalue weighted by atomic mass is 10.1. The average molecular weight is 500 g/mol. The molecule has 2 heterocycles. The van der Waals surface area contributed by atoms with Crippen LogP contribution in [0, 0.1) is 13.8 Å². The molecular weight excluding hydrogens is 484 g/mol. The fourth-order valence-electron chi connectivity index (χ4n) is 3.26. The molecule has 2 aromatic carbocycles. The number of hydrogen-bond donors (Lipinski definition) is 1. The molecule has 31 heavy (non-hydrogen) atoms. The molecule has 4 amide bonds. The lowest BCUT2D eigenvalue weighted by molar-refractivity contribution is -0.122. The number of anilines is 1. The fourth-order valence-corrected chi connectivity index (χ4v) is 3.85. The number of barbiturate groups is 1. The van der Waals surface area contributed by atoms with Gasteiger partial charge in [0, 0.05) is 10.0 Å². The van der Waals surface area contributed by atoms with Crippen molar-refractivity contribution < 1.29 is 14.4 Å². The van der Waals surface area contributed by atoms with E-state index in [1.165, 1.54) is 10.8 Å². The number of aryl methyl sites for hydroxylation is 2. The number of imide groups is 2. The lowest BCUT2D eigenvalue weighted by Gasteiger charge is -2.27. The summed E-state index contributed by atoms with van der Waals surface area (Å²) in [6.07, 6.45) is 1.37. The van der Waals surface area contributed by atoms with E-state index in [0.29, 0.717) is 16.9 Å². The van der Waals surface area contributed by atoms with Gasteiger partial charge in [0.05, 0.1) is 17.1 Å². The van der Waals surface area contributed by atoms with Crippen LogP contribution in [0.4, 0.5) is 10.5 Å². The zero-order valence-electron chi connectivity index (χ0n) is 16.5. The molecule has 0 atom stereocenters. The molecule has 1 aromatic heterocycles. The second-order valence-electron chi connectivity index (χ2n) is 6.92. The van der Waals surface area contributed by atoms with Crippen molar-refractivity contribution in [3.63, 3.8) is 0 Å². The van der Waals surface area contributed by atoms with Crippen molar-refractivity contribution >= 4 is 57.1 Å². The Morgan fingerprint density at radius 2 is 1.71 bits per heavy atom. The van der Waals surface area contributed by atoms with Gasteiger partial charge in [-0.25, -0.2) is 14.4 Å². The van der Waals surface area contributed by atoms with E-state index >= 15 is 0 Å². The summed E-state index contributed by atoms with van der Waals surface area (Å²) in [6, 6.07) is 13.5. The average Bonchev–Trinajstić information content (AvgIpc) is 3.00. The molecule has 1 aliphatic heterocycles. The van der Waals surface area contributed by atoms with Gasteiger partial charge in [-0.3, -0.25) is 14.9 Å². The molecule has 4 rings (SSSR count). The zero-order chi connectivity index (χ0) is 22.3. The van der Waals surface area contributed by atoms with Gasteiger partial charge in [0.15, 0.2) is 0 Å². The van der Waals surface area contributed by atoms with E-state index in [9.17, 15) is 14.4 Å². The fraction of sp³-hybridized carbons (Fsp3) is 0.0909. The highest BCUT2D eigenvalue weighted by Crippen LogP contribution is 2.29. The number of aromatic nitrogens is 2. The molecule has 0 unspecified atom stereocenters. The molecule has 0 saturated carbocycles. The molecule has 7 nitrogen and oxygen atoms in total. The minimum absolute atomic E-state index is 0.205.